The molecule has 0 aliphatic heterocycles. The maximum atomic E-state index is 12.1. The lowest BCUT2D eigenvalue weighted by Gasteiger charge is -2.17. The minimum absolute atomic E-state index is 0.0967. The second-order valence-corrected chi connectivity index (χ2v) is 5.60. The fraction of sp³-hybridized carbons (Fsp3) is 0.375. The van der Waals surface area contributed by atoms with Crippen molar-refractivity contribution in [3.8, 4) is 0 Å². The Morgan fingerprint density at radius 3 is 2.41 bits per heavy atom. The van der Waals surface area contributed by atoms with Crippen molar-refractivity contribution < 1.29 is 4.79 Å². The third kappa shape index (κ3) is 4.25. The summed E-state index contributed by atoms with van der Waals surface area (Å²) in [4.78, 5) is 15.8. The first-order valence-electron chi connectivity index (χ1n) is 7.18. The van der Waals surface area contributed by atoms with E-state index in [1.54, 1.807) is 22.8 Å². The lowest BCUT2D eigenvalue weighted by Crippen LogP contribution is -2.36. The highest BCUT2D eigenvalue weighted by molar-refractivity contribution is 5.73. The van der Waals surface area contributed by atoms with Gasteiger partial charge >= 0.3 is 6.03 Å². The van der Waals surface area contributed by atoms with Gasteiger partial charge in [0.15, 0.2) is 0 Å². The quantitative estimate of drug-likeness (QED) is 0.916. The number of hydrogen-bond acceptors (Lipinski definition) is 3. The van der Waals surface area contributed by atoms with Crippen LogP contribution in [0.15, 0.2) is 36.7 Å². The highest BCUT2D eigenvalue weighted by Gasteiger charge is 2.09. The largest absolute Gasteiger partial charge is 0.378 e. The number of amides is 2. The van der Waals surface area contributed by atoms with E-state index in [0.717, 1.165) is 16.8 Å². The molecular weight excluding hydrogens is 278 g/mol. The van der Waals surface area contributed by atoms with Gasteiger partial charge < -0.3 is 15.1 Å². The van der Waals surface area contributed by atoms with Crippen LogP contribution in [-0.4, -0.2) is 41.9 Å². The molecule has 2 aromatic rings. The normalized spacial score (nSPS) is 10.4. The first-order chi connectivity index (χ1) is 10.5. The average Bonchev–Trinajstić information content (AvgIpc) is 2.90. The minimum atomic E-state index is -0.0967. The number of nitrogens with one attached hydrogen (secondary N) is 1. The number of urea groups is 1. The molecule has 6 heteroatoms. The monoisotopic (exact) mass is 301 g/mol. The van der Waals surface area contributed by atoms with Crippen LogP contribution in [0.4, 0.5) is 10.5 Å². The van der Waals surface area contributed by atoms with E-state index in [1.165, 1.54) is 0 Å². The highest BCUT2D eigenvalue weighted by atomic mass is 16.2. The molecule has 2 rings (SSSR count). The minimum Gasteiger partial charge on any atom is -0.378 e. The van der Waals surface area contributed by atoms with E-state index in [9.17, 15) is 4.79 Å². The number of rotatable bonds is 5. The standard InChI is InChI=1S/C16H23N5O/c1-19(2)15-7-5-13(6-8-15)9-17-16(22)20(3)11-14-10-18-21(4)12-14/h5-8,10,12H,9,11H2,1-4H3,(H,17,22). The van der Waals surface area contributed by atoms with Crippen LogP contribution in [0.1, 0.15) is 11.1 Å². The summed E-state index contributed by atoms with van der Waals surface area (Å²) < 4.78 is 1.73. The van der Waals surface area contributed by atoms with Crippen LogP contribution >= 0.6 is 0 Å². The lowest BCUT2D eigenvalue weighted by atomic mass is 10.2. The first-order valence-corrected chi connectivity index (χ1v) is 7.18. The van der Waals surface area contributed by atoms with Crippen molar-refractivity contribution in [1.82, 2.24) is 20.0 Å². The predicted molar refractivity (Wildman–Crippen MR) is 87.7 cm³/mol. The Kier molecular flexibility index (Phi) is 5.04. The number of carbonyl (C=O) groups is 1. The molecule has 1 aromatic heterocycles. The molecule has 0 spiro atoms. The summed E-state index contributed by atoms with van der Waals surface area (Å²) in [5.41, 5.74) is 3.23. The second kappa shape index (κ2) is 6.98. The van der Waals surface area contributed by atoms with E-state index in [-0.39, 0.29) is 6.03 Å². The molecule has 0 unspecified atom stereocenters. The summed E-state index contributed by atoms with van der Waals surface area (Å²) in [7, 11) is 7.65. The number of aryl methyl sites for hydroxylation is 1. The van der Waals surface area contributed by atoms with Gasteiger partial charge in [0, 0.05) is 52.2 Å². The third-order valence-corrected chi connectivity index (χ3v) is 3.42. The zero-order chi connectivity index (χ0) is 16.1. The first kappa shape index (κ1) is 15.9. The van der Waals surface area contributed by atoms with Gasteiger partial charge in [-0.3, -0.25) is 4.68 Å². The van der Waals surface area contributed by atoms with Gasteiger partial charge in [-0.15, -0.1) is 0 Å². The Hall–Kier alpha value is -2.50. The SMILES string of the molecule is CN(Cc1cnn(C)c1)C(=O)NCc1ccc(N(C)C)cc1. The molecule has 0 saturated heterocycles. The summed E-state index contributed by atoms with van der Waals surface area (Å²) in [5, 5.41) is 7.02. The Balaban J connectivity index is 1.83. The van der Waals surface area contributed by atoms with Gasteiger partial charge in [-0.25, -0.2) is 4.79 Å². The number of anilines is 1. The highest BCUT2D eigenvalue weighted by Crippen LogP contribution is 2.12. The van der Waals surface area contributed by atoms with Crippen LogP contribution in [0.25, 0.3) is 0 Å². The fourth-order valence-corrected chi connectivity index (χ4v) is 2.12. The van der Waals surface area contributed by atoms with E-state index >= 15 is 0 Å². The fourth-order valence-electron chi connectivity index (χ4n) is 2.12. The van der Waals surface area contributed by atoms with Gasteiger partial charge in [0.25, 0.3) is 0 Å². The van der Waals surface area contributed by atoms with Crippen molar-refractivity contribution >= 4 is 11.7 Å². The van der Waals surface area contributed by atoms with E-state index < -0.39 is 0 Å². The van der Waals surface area contributed by atoms with Crippen molar-refractivity contribution in [2.45, 2.75) is 13.1 Å². The number of aromatic nitrogens is 2. The topological polar surface area (TPSA) is 53.4 Å². The molecular formula is C16H23N5O. The van der Waals surface area contributed by atoms with Gasteiger partial charge in [-0.05, 0) is 17.7 Å². The van der Waals surface area contributed by atoms with Crippen molar-refractivity contribution in [2.75, 3.05) is 26.0 Å². The zero-order valence-electron chi connectivity index (χ0n) is 13.6. The van der Waals surface area contributed by atoms with Crippen molar-refractivity contribution in [3.05, 3.63) is 47.8 Å². The summed E-state index contributed by atoms with van der Waals surface area (Å²) in [6.07, 6.45) is 3.67. The molecule has 22 heavy (non-hydrogen) atoms. The maximum absolute atomic E-state index is 12.1. The number of carbonyl (C=O) groups excluding carboxylic acids is 1. The molecule has 0 bridgehead atoms. The summed E-state index contributed by atoms with van der Waals surface area (Å²) in [5.74, 6) is 0. The van der Waals surface area contributed by atoms with E-state index in [1.807, 2.05) is 56.5 Å². The molecule has 0 fully saturated rings. The molecule has 0 radical (unpaired) electrons. The van der Waals surface area contributed by atoms with Gasteiger partial charge in [-0.2, -0.15) is 5.10 Å². The molecule has 1 heterocycles. The summed E-state index contributed by atoms with van der Waals surface area (Å²) in [6, 6.07) is 8.04. The van der Waals surface area contributed by atoms with Crippen LogP contribution in [0, 0.1) is 0 Å². The Morgan fingerprint density at radius 2 is 1.86 bits per heavy atom. The van der Waals surface area contributed by atoms with Crippen molar-refractivity contribution in [3.63, 3.8) is 0 Å². The van der Waals surface area contributed by atoms with Crippen LogP contribution in [0.3, 0.4) is 0 Å². The Labute approximate surface area is 131 Å². The number of benzene rings is 1. The summed E-state index contributed by atoms with van der Waals surface area (Å²) in [6.45, 7) is 1.06. The van der Waals surface area contributed by atoms with Crippen molar-refractivity contribution in [2.24, 2.45) is 7.05 Å². The van der Waals surface area contributed by atoms with Gasteiger partial charge in [0.1, 0.15) is 0 Å². The van der Waals surface area contributed by atoms with Crippen LogP contribution < -0.4 is 10.2 Å². The molecule has 118 valence electrons. The zero-order valence-corrected chi connectivity index (χ0v) is 13.6. The van der Waals surface area contributed by atoms with E-state index in [4.69, 9.17) is 0 Å². The molecule has 1 N–H and O–H groups in total. The molecule has 0 saturated carbocycles. The molecule has 0 aliphatic rings. The third-order valence-electron chi connectivity index (χ3n) is 3.42. The smallest absolute Gasteiger partial charge is 0.317 e. The van der Waals surface area contributed by atoms with Crippen LogP contribution in [0.5, 0.6) is 0 Å². The van der Waals surface area contributed by atoms with Crippen LogP contribution in [-0.2, 0) is 20.1 Å². The van der Waals surface area contributed by atoms with E-state index in [0.29, 0.717) is 13.1 Å². The van der Waals surface area contributed by atoms with Gasteiger partial charge in [0.2, 0.25) is 0 Å². The second-order valence-electron chi connectivity index (χ2n) is 5.60. The number of nitrogens with zero attached hydrogens (tertiary/aromatic N) is 4. The lowest BCUT2D eigenvalue weighted by molar-refractivity contribution is 0.206. The number of hydrogen-bond donors (Lipinski definition) is 1. The van der Waals surface area contributed by atoms with Crippen LogP contribution in [0.2, 0.25) is 0 Å². The molecule has 1 aromatic carbocycles. The predicted octanol–water partition coefficient (Wildman–Crippen LogP) is 1.83. The molecule has 0 atom stereocenters. The Bertz CT molecular complexity index is 618. The summed E-state index contributed by atoms with van der Waals surface area (Å²) >= 11 is 0. The average molecular weight is 301 g/mol. The maximum Gasteiger partial charge on any atom is 0.317 e. The van der Waals surface area contributed by atoms with Gasteiger partial charge in [0.05, 0.1) is 12.7 Å². The molecule has 2 amide bonds. The van der Waals surface area contributed by atoms with Gasteiger partial charge in [-0.1, -0.05) is 12.1 Å². The van der Waals surface area contributed by atoms with E-state index in [2.05, 4.69) is 10.4 Å². The molecule has 6 nitrogen and oxygen atoms in total. The van der Waals surface area contributed by atoms with Crippen molar-refractivity contribution in [1.29, 1.82) is 0 Å². The molecule has 0 aliphatic carbocycles. The Morgan fingerprint density at radius 1 is 1.18 bits per heavy atom.